The molecular weight excluding hydrogens is 198 g/mol. The Morgan fingerprint density at radius 1 is 1.31 bits per heavy atom. The van der Waals surface area contributed by atoms with E-state index in [1.165, 1.54) is 0 Å². The van der Waals surface area contributed by atoms with Crippen molar-refractivity contribution in [2.24, 2.45) is 5.92 Å². The first-order valence-corrected chi connectivity index (χ1v) is 5.84. The molecular formula is C13H17N3. The minimum Gasteiger partial charge on any atom is -0.357 e. The molecule has 1 aliphatic rings. The third-order valence-electron chi connectivity index (χ3n) is 3.44. The van der Waals surface area contributed by atoms with Gasteiger partial charge >= 0.3 is 0 Å². The molecule has 1 aromatic rings. The summed E-state index contributed by atoms with van der Waals surface area (Å²) < 4.78 is 0. The van der Waals surface area contributed by atoms with Gasteiger partial charge in [-0.15, -0.1) is 0 Å². The van der Waals surface area contributed by atoms with Gasteiger partial charge in [0.1, 0.15) is 5.82 Å². The van der Waals surface area contributed by atoms with Gasteiger partial charge in [-0.2, -0.15) is 5.26 Å². The van der Waals surface area contributed by atoms with Crippen LogP contribution in [0, 0.1) is 17.2 Å². The average Bonchev–Trinajstić information content (AvgIpc) is 2.39. The SMILES string of the molecule is CN(c1ccccn1)C1CCC(C#N)CC1. The fourth-order valence-electron chi connectivity index (χ4n) is 2.34. The van der Waals surface area contributed by atoms with Crippen molar-refractivity contribution in [3.63, 3.8) is 0 Å². The number of hydrogen-bond donors (Lipinski definition) is 0. The van der Waals surface area contributed by atoms with Crippen molar-refractivity contribution in [2.45, 2.75) is 31.7 Å². The summed E-state index contributed by atoms with van der Waals surface area (Å²) in [4.78, 5) is 6.60. The van der Waals surface area contributed by atoms with Crippen LogP contribution in [-0.2, 0) is 0 Å². The Morgan fingerprint density at radius 2 is 2.06 bits per heavy atom. The Morgan fingerprint density at radius 3 is 2.62 bits per heavy atom. The lowest BCUT2D eigenvalue weighted by Gasteiger charge is -2.33. The first kappa shape index (κ1) is 10.9. The summed E-state index contributed by atoms with van der Waals surface area (Å²) in [6.45, 7) is 0. The minimum absolute atomic E-state index is 0.272. The standard InChI is InChI=1S/C13H17N3/c1-16(13-4-2-3-9-15-13)12-7-5-11(10-14)6-8-12/h2-4,9,11-12H,5-8H2,1H3. The predicted octanol–water partition coefficient (Wildman–Crippen LogP) is 2.60. The highest BCUT2D eigenvalue weighted by atomic mass is 15.2. The molecule has 0 unspecified atom stereocenters. The van der Waals surface area contributed by atoms with Crippen molar-refractivity contribution < 1.29 is 0 Å². The summed E-state index contributed by atoms with van der Waals surface area (Å²) in [6, 6.07) is 8.90. The van der Waals surface area contributed by atoms with E-state index in [0.717, 1.165) is 31.5 Å². The van der Waals surface area contributed by atoms with Gasteiger partial charge in [0.2, 0.25) is 0 Å². The zero-order valence-electron chi connectivity index (χ0n) is 9.63. The molecule has 2 rings (SSSR count). The molecule has 16 heavy (non-hydrogen) atoms. The highest BCUT2D eigenvalue weighted by Crippen LogP contribution is 2.28. The van der Waals surface area contributed by atoms with E-state index in [4.69, 9.17) is 5.26 Å². The van der Waals surface area contributed by atoms with Gasteiger partial charge in [0.15, 0.2) is 0 Å². The maximum atomic E-state index is 8.86. The lowest BCUT2D eigenvalue weighted by atomic mass is 9.86. The third-order valence-corrected chi connectivity index (χ3v) is 3.44. The smallest absolute Gasteiger partial charge is 0.128 e. The van der Waals surface area contributed by atoms with Crippen LogP contribution in [0.25, 0.3) is 0 Å². The van der Waals surface area contributed by atoms with Crippen molar-refractivity contribution in [2.75, 3.05) is 11.9 Å². The number of hydrogen-bond acceptors (Lipinski definition) is 3. The van der Waals surface area contributed by atoms with E-state index < -0.39 is 0 Å². The van der Waals surface area contributed by atoms with Crippen LogP contribution < -0.4 is 4.90 Å². The summed E-state index contributed by atoms with van der Waals surface area (Å²) in [6.07, 6.45) is 6.08. The zero-order valence-corrected chi connectivity index (χ0v) is 9.63. The van der Waals surface area contributed by atoms with Crippen LogP contribution >= 0.6 is 0 Å². The molecule has 0 N–H and O–H groups in total. The van der Waals surface area contributed by atoms with Gasteiger partial charge in [-0.05, 0) is 37.8 Å². The first-order chi connectivity index (χ1) is 7.81. The first-order valence-electron chi connectivity index (χ1n) is 5.84. The second-order valence-electron chi connectivity index (χ2n) is 4.43. The van der Waals surface area contributed by atoms with E-state index in [1.807, 2.05) is 24.4 Å². The molecule has 3 heteroatoms. The lowest BCUT2D eigenvalue weighted by Crippen LogP contribution is -2.35. The molecule has 0 radical (unpaired) electrons. The second-order valence-corrected chi connectivity index (χ2v) is 4.43. The molecule has 0 aromatic carbocycles. The molecule has 0 saturated heterocycles. The molecule has 0 atom stereocenters. The highest BCUT2D eigenvalue weighted by molar-refractivity contribution is 5.38. The van der Waals surface area contributed by atoms with E-state index in [1.54, 1.807) is 0 Å². The van der Waals surface area contributed by atoms with Gasteiger partial charge in [-0.25, -0.2) is 4.98 Å². The molecule has 3 nitrogen and oxygen atoms in total. The zero-order chi connectivity index (χ0) is 11.4. The summed E-state index contributed by atoms with van der Waals surface area (Å²) in [5.74, 6) is 1.30. The summed E-state index contributed by atoms with van der Waals surface area (Å²) >= 11 is 0. The highest BCUT2D eigenvalue weighted by Gasteiger charge is 2.24. The Bertz CT molecular complexity index is 361. The second kappa shape index (κ2) is 4.98. The van der Waals surface area contributed by atoms with E-state index in [-0.39, 0.29) is 5.92 Å². The molecule has 0 amide bonds. The average molecular weight is 215 g/mol. The van der Waals surface area contributed by atoms with Gasteiger partial charge in [0, 0.05) is 25.2 Å². The maximum Gasteiger partial charge on any atom is 0.128 e. The van der Waals surface area contributed by atoms with Crippen molar-refractivity contribution in [3.05, 3.63) is 24.4 Å². The molecule has 1 aliphatic carbocycles. The Hall–Kier alpha value is -1.56. The van der Waals surface area contributed by atoms with Crippen LogP contribution in [0.15, 0.2) is 24.4 Å². The lowest BCUT2D eigenvalue weighted by molar-refractivity contribution is 0.371. The monoisotopic (exact) mass is 215 g/mol. The van der Waals surface area contributed by atoms with Gasteiger partial charge in [0.05, 0.1) is 6.07 Å². The van der Waals surface area contributed by atoms with E-state index in [9.17, 15) is 0 Å². The predicted molar refractivity (Wildman–Crippen MR) is 64.0 cm³/mol. The van der Waals surface area contributed by atoms with Crippen molar-refractivity contribution >= 4 is 5.82 Å². The molecule has 1 heterocycles. The number of nitrogens with zero attached hydrogens (tertiary/aromatic N) is 3. The quantitative estimate of drug-likeness (QED) is 0.761. The van der Waals surface area contributed by atoms with E-state index in [0.29, 0.717) is 6.04 Å². The maximum absolute atomic E-state index is 8.86. The number of rotatable bonds is 2. The molecule has 84 valence electrons. The summed E-state index contributed by atoms with van der Waals surface area (Å²) in [5, 5.41) is 8.86. The topological polar surface area (TPSA) is 39.9 Å². The van der Waals surface area contributed by atoms with Crippen LogP contribution in [0.3, 0.4) is 0 Å². The number of aromatic nitrogens is 1. The van der Waals surface area contributed by atoms with Crippen molar-refractivity contribution in [1.29, 1.82) is 5.26 Å². The van der Waals surface area contributed by atoms with Crippen LogP contribution in [-0.4, -0.2) is 18.1 Å². The normalized spacial score (nSPS) is 24.8. The molecule has 0 bridgehead atoms. The molecule has 1 fully saturated rings. The number of nitriles is 1. The van der Waals surface area contributed by atoms with E-state index in [2.05, 4.69) is 23.0 Å². The molecule has 0 spiro atoms. The number of pyridine rings is 1. The van der Waals surface area contributed by atoms with Crippen LogP contribution in [0.5, 0.6) is 0 Å². The van der Waals surface area contributed by atoms with Crippen LogP contribution in [0.2, 0.25) is 0 Å². The Balaban J connectivity index is 1.97. The molecule has 0 aliphatic heterocycles. The third kappa shape index (κ3) is 2.33. The fourth-order valence-corrected chi connectivity index (χ4v) is 2.34. The van der Waals surface area contributed by atoms with Crippen LogP contribution in [0.1, 0.15) is 25.7 Å². The Kier molecular flexibility index (Phi) is 3.40. The molecule has 1 aromatic heterocycles. The van der Waals surface area contributed by atoms with Gasteiger partial charge in [-0.3, -0.25) is 0 Å². The van der Waals surface area contributed by atoms with Crippen molar-refractivity contribution in [3.8, 4) is 6.07 Å². The fraction of sp³-hybridized carbons (Fsp3) is 0.538. The van der Waals surface area contributed by atoms with Gasteiger partial charge < -0.3 is 4.90 Å². The molecule has 1 saturated carbocycles. The summed E-state index contributed by atoms with van der Waals surface area (Å²) in [7, 11) is 2.10. The number of anilines is 1. The van der Waals surface area contributed by atoms with Crippen LogP contribution in [0.4, 0.5) is 5.82 Å². The van der Waals surface area contributed by atoms with Crippen molar-refractivity contribution in [1.82, 2.24) is 4.98 Å². The van der Waals surface area contributed by atoms with E-state index >= 15 is 0 Å². The largest absolute Gasteiger partial charge is 0.357 e. The van der Waals surface area contributed by atoms with Gasteiger partial charge in [-0.1, -0.05) is 6.07 Å². The Labute approximate surface area is 96.7 Å². The minimum atomic E-state index is 0.272. The van der Waals surface area contributed by atoms with Gasteiger partial charge in [0.25, 0.3) is 0 Å². The summed E-state index contributed by atoms with van der Waals surface area (Å²) in [5.41, 5.74) is 0.